The van der Waals surface area contributed by atoms with Crippen LogP contribution in [0.3, 0.4) is 0 Å². The smallest absolute Gasteiger partial charge is 0.306 e. The van der Waals surface area contributed by atoms with Crippen molar-refractivity contribution in [2.75, 3.05) is 33.9 Å². The number of hydrogen-bond donors (Lipinski definition) is 2. The number of unbranched alkanes of at least 4 members (excludes halogenated alkanes) is 1. The van der Waals surface area contributed by atoms with Gasteiger partial charge in [0.15, 0.2) is 0 Å². The van der Waals surface area contributed by atoms with Crippen LogP contribution in [0.25, 0.3) is 0 Å². The van der Waals surface area contributed by atoms with Gasteiger partial charge in [0.1, 0.15) is 11.3 Å². The zero-order valence-electron chi connectivity index (χ0n) is 26.9. The Hall–Kier alpha value is -4.18. The lowest BCUT2D eigenvalue weighted by atomic mass is 9.96. The fourth-order valence-electron chi connectivity index (χ4n) is 5.59. The van der Waals surface area contributed by atoms with Gasteiger partial charge in [-0.15, -0.1) is 6.58 Å². The lowest BCUT2D eigenvalue weighted by molar-refractivity contribution is -0.144. The van der Waals surface area contributed by atoms with Gasteiger partial charge in [0.25, 0.3) is 0 Å². The molecule has 1 heterocycles. The molecular formula is C35H48N4O6. The summed E-state index contributed by atoms with van der Waals surface area (Å²) in [4.78, 5) is 54.4. The van der Waals surface area contributed by atoms with E-state index in [4.69, 9.17) is 10.5 Å². The van der Waals surface area contributed by atoms with E-state index in [0.717, 1.165) is 41.7 Å². The van der Waals surface area contributed by atoms with Crippen LogP contribution in [0.4, 0.5) is 0 Å². The highest BCUT2D eigenvalue weighted by molar-refractivity contribution is 5.93. The monoisotopic (exact) mass is 620 g/mol. The van der Waals surface area contributed by atoms with Crippen LogP contribution in [0.15, 0.2) is 61.2 Å². The zero-order valence-corrected chi connectivity index (χ0v) is 26.9. The van der Waals surface area contributed by atoms with Gasteiger partial charge in [-0.3, -0.25) is 19.2 Å². The Labute approximate surface area is 266 Å². The van der Waals surface area contributed by atoms with Gasteiger partial charge in [-0.25, -0.2) is 0 Å². The standard InChI is InChI=1S/C35H48N4O6/c1-5-6-7-22-38(31(40)17-18-32(41)45-4)25-28-11-9-26(10-12-28)19-21-37-34(43)35(2)20-8-23-39(35)33(42)30(36)24-27-13-15-29(44-3)16-14-27/h5,9-16,30H,1,6-8,17-25,36H2,2-4H3,(H,37,43)/t30-,35-/m0/s1. The highest BCUT2D eigenvalue weighted by Crippen LogP contribution is 2.30. The lowest BCUT2D eigenvalue weighted by Gasteiger charge is -2.35. The van der Waals surface area contributed by atoms with Crippen LogP contribution >= 0.6 is 0 Å². The van der Waals surface area contributed by atoms with Crippen LogP contribution in [0.5, 0.6) is 5.75 Å². The van der Waals surface area contributed by atoms with Crippen molar-refractivity contribution in [1.82, 2.24) is 15.1 Å². The van der Waals surface area contributed by atoms with Gasteiger partial charge in [-0.2, -0.15) is 0 Å². The van der Waals surface area contributed by atoms with Crippen molar-refractivity contribution >= 4 is 23.7 Å². The van der Waals surface area contributed by atoms with Gasteiger partial charge < -0.3 is 30.3 Å². The Balaban J connectivity index is 1.52. The molecule has 10 nitrogen and oxygen atoms in total. The molecule has 10 heteroatoms. The summed E-state index contributed by atoms with van der Waals surface area (Å²) in [7, 11) is 2.92. The van der Waals surface area contributed by atoms with Crippen molar-refractivity contribution in [2.24, 2.45) is 5.73 Å². The van der Waals surface area contributed by atoms with Crippen molar-refractivity contribution in [2.45, 2.75) is 76.4 Å². The van der Waals surface area contributed by atoms with Crippen LogP contribution in [0.2, 0.25) is 0 Å². The fraction of sp³-hybridized carbons (Fsp3) is 0.486. The molecular weight excluding hydrogens is 572 g/mol. The summed E-state index contributed by atoms with van der Waals surface area (Å²) in [6.07, 6.45) is 5.89. The van der Waals surface area contributed by atoms with Crippen molar-refractivity contribution in [3.63, 3.8) is 0 Å². The quantitative estimate of drug-likeness (QED) is 0.157. The Morgan fingerprint density at radius 2 is 1.71 bits per heavy atom. The van der Waals surface area contributed by atoms with E-state index in [0.29, 0.717) is 45.4 Å². The number of carbonyl (C=O) groups excluding carboxylic acids is 4. The molecule has 45 heavy (non-hydrogen) atoms. The normalized spacial score (nSPS) is 16.5. The first-order valence-electron chi connectivity index (χ1n) is 15.6. The summed E-state index contributed by atoms with van der Waals surface area (Å²) in [6.45, 7) is 7.50. The van der Waals surface area contributed by atoms with E-state index in [1.807, 2.05) is 61.5 Å². The average Bonchev–Trinajstić information content (AvgIpc) is 3.46. The third kappa shape index (κ3) is 10.2. The number of nitrogens with one attached hydrogen (secondary N) is 1. The third-order valence-corrected chi connectivity index (χ3v) is 8.38. The molecule has 3 amide bonds. The number of esters is 1. The molecule has 0 saturated carbocycles. The molecule has 2 aromatic rings. The van der Waals surface area contributed by atoms with Gasteiger partial charge in [0.05, 0.1) is 26.7 Å². The highest BCUT2D eigenvalue weighted by Gasteiger charge is 2.46. The number of likely N-dealkylation sites (tertiary alicyclic amines) is 1. The van der Waals surface area contributed by atoms with Gasteiger partial charge in [0.2, 0.25) is 17.7 Å². The molecule has 0 radical (unpaired) electrons. The van der Waals surface area contributed by atoms with Crippen LogP contribution in [-0.2, 0) is 43.3 Å². The van der Waals surface area contributed by atoms with Crippen LogP contribution in [-0.4, -0.2) is 78.9 Å². The number of amides is 3. The van der Waals surface area contributed by atoms with E-state index < -0.39 is 17.6 Å². The molecule has 0 aromatic heterocycles. The molecule has 2 atom stereocenters. The third-order valence-electron chi connectivity index (χ3n) is 8.38. The molecule has 1 fully saturated rings. The summed E-state index contributed by atoms with van der Waals surface area (Å²) in [6, 6.07) is 14.7. The van der Waals surface area contributed by atoms with Crippen LogP contribution in [0, 0.1) is 0 Å². The minimum atomic E-state index is -0.950. The summed E-state index contributed by atoms with van der Waals surface area (Å²) in [5, 5.41) is 3.03. The Morgan fingerprint density at radius 1 is 1.04 bits per heavy atom. The van der Waals surface area contributed by atoms with Crippen molar-refractivity contribution in [1.29, 1.82) is 0 Å². The molecule has 1 aliphatic heterocycles. The van der Waals surface area contributed by atoms with Crippen molar-refractivity contribution in [3.8, 4) is 5.75 Å². The number of methoxy groups -OCH3 is 2. The molecule has 0 bridgehead atoms. The first-order valence-corrected chi connectivity index (χ1v) is 15.6. The lowest BCUT2D eigenvalue weighted by Crippen LogP contribution is -2.59. The Bertz CT molecular complexity index is 1300. The van der Waals surface area contributed by atoms with E-state index in [1.165, 1.54) is 7.11 Å². The maximum atomic E-state index is 13.4. The number of nitrogens with two attached hydrogens (primary N) is 1. The molecule has 0 aliphatic carbocycles. The summed E-state index contributed by atoms with van der Waals surface area (Å²) < 4.78 is 9.86. The second kappa shape index (κ2) is 17.3. The molecule has 1 saturated heterocycles. The number of hydrogen-bond acceptors (Lipinski definition) is 7. The molecule has 3 rings (SSSR count). The molecule has 3 N–H and O–H groups in total. The number of allylic oxidation sites excluding steroid dienone is 1. The van der Waals surface area contributed by atoms with Crippen LogP contribution in [0.1, 0.15) is 62.1 Å². The number of carbonyl (C=O) groups is 4. The molecule has 244 valence electrons. The molecule has 1 aliphatic rings. The zero-order chi connectivity index (χ0) is 32.8. The minimum absolute atomic E-state index is 0.0550. The van der Waals surface area contributed by atoms with E-state index in [2.05, 4.69) is 16.6 Å². The fourth-order valence-corrected chi connectivity index (χ4v) is 5.59. The average molecular weight is 621 g/mol. The summed E-state index contributed by atoms with van der Waals surface area (Å²) in [5.74, 6) is -0.159. The SMILES string of the molecule is C=CCCCN(Cc1ccc(CCNC(=O)[C@]2(C)CCCN2C(=O)[C@@H](N)Cc2ccc(OC)cc2)cc1)C(=O)CCC(=O)OC. The van der Waals surface area contributed by atoms with E-state index in [9.17, 15) is 19.2 Å². The van der Waals surface area contributed by atoms with E-state index in [1.54, 1.807) is 16.9 Å². The van der Waals surface area contributed by atoms with Gasteiger partial charge in [-0.05, 0) is 74.3 Å². The second-order valence-electron chi connectivity index (χ2n) is 11.7. The number of rotatable bonds is 17. The summed E-state index contributed by atoms with van der Waals surface area (Å²) >= 11 is 0. The predicted molar refractivity (Wildman–Crippen MR) is 173 cm³/mol. The van der Waals surface area contributed by atoms with E-state index in [-0.39, 0.29) is 30.6 Å². The number of benzene rings is 2. The minimum Gasteiger partial charge on any atom is -0.497 e. The largest absolute Gasteiger partial charge is 0.497 e. The Morgan fingerprint density at radius 3 is 2.36 bits per heavy atom. The topological polar surface area (TPSA) is 131 Å². The Kier molecular flexibility index (Phi) is 13.6. The molecule has 2 aromatic carbocycles. The molecule has 0 unspecified atom stereocenters. The van der Waals surface area contributed by atoms with E-state index >= 15 is 0 Å². The predicted octanol–water partition coefficient (Wildman–Crippen LogP) is 3.55. The maximum absolute atomic E-state index is 13.4. The van der Waals surface area contributed by atoms with Crippen LogP contribution < -0.4 is 15.8 Å². The molecule has 0 spiro atoms. The second-order valence-corrected chi connectivity index (χ2v) is 11.7. The van der Waals surface area contributed by atoms with Gasteiger partial charge in [-0.1, -0.05) is 42.5 Å². The highest BCUT2D eigenvalue weighted by atomic mass is 16.5. The summed E-state index contributed by atoms with van der Waals surface area (Å²) in [5.41, 5.74) is 8.32. The van der Waals surface area contributed by atoms with Crippen molar-refractivity contribution in [3.05, 3.63) is 77.9 Å². The number of nitrogens with zero attached hydrogens (tertiary/aromatic N) is 2. The first kappa shape index (κ1) is 35.3. The van der Waals surface area contributed by atoms with Crippen molar-refractivity contribution < 1.29 is 28.7 Å². The first-order chi connectivity index (χ1) is 21.6. The van der Waals surface area contributed by atoms with Gasteiger partial charge in [0, 0.05) is 32.6 Å². The number of ether oxygens (including phenoxy) is 2. The maximum Gasteiger partial charge on any atom is 0.306 e. The van der Waals surface area contributed by atoms with Gasteiger partial charge >= 0.3 is 5.97 Å².